The zero-order valence-corrected chi connectivity index (χ0v) is 17.2. The lowest BCUT2D eigenvalue weighted by Crippen LogP contribution is -2.52. The fourth-order valence-electron chi connectivity index (χ4n) is 4.12. The van der Waals surface area contributed by atoms with E-state index in [0.717, 1.165) is 52.4 Å². The Morgan fingerprint density at radius 2 is 1.71 bits per heavy atom. The molecule has 0 unspecified atom stereocenters. The minimum atomic E-state index is 0.105. The van der Waals surface area contributed by atoms with Crippen molar-refractivity contribution in [2.24, 2.45) is 5.92 Å². The average molecular weight is 399 g/mol. The number of hydrogen-bond donors (Lipinski definition) is 1. The van der Waals surface area contributed by atoms with Crippen molar-refractivity contribution in [1.29, 1.82) is 0 Å². The summed E-state index contributed by atoms with van der Waals surface area (Å²) in [7, 11) is 0. The van der Waals surface area contributed by atoms with E-state index in [1.807, 2.05) is 22.3 Å². The highest BCUT2D eigenvalue weighted by Crippen LogP contribution is 2.20. The Balaban J connectivity index is 1.15. The van der Waals surface area contributed by atoms with Gasteiger partial charge in [0.25, 0.3) is 0 Å². The predicted octanol–water partition coefficient (Wildman–Crippen LogP) is 3.49. The molecule has 3 heterocycles. The van der Waals surface area contributed by atoms with E-state index >= 15 is 0 Å². The first-order valence-corrected chi connectivity index (χ1v) is 11.2. The smallest absolute Gasteiger partial charge is 0.317 e. The number of rotatable bonds is 5. The standard InChI is InChI=1S/C22H30N4OS/c27-22(26-14-12-25(13-15-26)20-5-2-1-3-6-20)23-17-19-8-10-24(11-9-19)18-21-7-4-16-28-21/h1-7,16,19H,8-15,17-18H2,(H,23,27). The molecule has 1 N–H and O–H groups in total. The van der Waals surface area contributed by atoms with Crippen LogP contribution >= 0.6 is 11.3 Å². The lowest BCUT2D eigenvalue weighted by Gasteiger charge is -2.36. The van der Waals surface area contributed by atoms with Crippen molar-refractivity contribution < 1.29 is 4.79 Å². The van der Waals surface area contributed by atoms with Crippen LogP contribution in [0.25, 0.3) is 0 Å². The first-order valence-electron chi connectivity index (χ1n) is 10.4. The van der Waals surface area contributed by atoms with Crippen molar-refractivity contribution in [3.8, 4) is 0 Å². The Morgan fingerprint density at radius 1 is 0.964 bits per heavy atom. The minimum Gasteiger partial charge on any atom is -0.368 e. The van der Waals surface area contributed by atoms with Gasteiger partial charge in [-0.05, 0) is 55.4 Å². The molecule has 1 aromatic heterocycles. The van der Waals surface area contributed by atoms with Gasteiger partial charge in [-0.25, -0.2) is 4.79 Å². The number of likely N-dealkylation sites (tertiary alicyclic amines) is 1. The van der Waals surface area contributed by atoms with Gasteiger partial charge in [0.05, 0.1) is 0 Å². The molecule has 28 heavy (non-hydrogen) atoms. The lowest BCUT2D eigenvalue weighted by atomic mass is 9.97. The molecule has 4 rings (SSSR count). The molecule has 2 aliphatic rings. The number of para-hydroxylation sites is 1. The van der Waals surface area contributed by atoms with E-state index in [0.29, 0.717) is 5.92 Å². The fourth-order valence-corrected chi connectivity index (χ4v) is 4.87. The Hall–Kier alpha value is -2.05. The number of hydrogen-bond acceptors (Lipinski definition) is 4. The van der Waals surface area contributed by atoms with Crippen LogP contribution in [-0.2, 0) is 6.54 Å². The third-order valence-electron chi connectivity index (χ3n) is 5.90. The average Bonchev–Trinajstić information content (AvgIpc) is 3.27. The molecular formula is C22H30N4OS. The molecular weight excluding hydrogens is 368 g/mol. The van der Waals surface area contributed by atoms with Gasteiger partial charge in [0.15, 0.2) is 0 Å². The van der Waals surface area contributed by atoms with Gasteiger partial charge in [-0.1, -0.05) is 24.3 Å². The van der Waals surface area contributed by atoms with Crippen LogP contribution in [0.15, 0.2) is 47.8 Å². The molecule has 0 bridgehead atoms. The summed E-state index contributed by atoms with van der Waals surface area (Å²) in [5, 5.41) is 5.34. The molecule has 0 spiro atoms. The summed E-state index contributed by atoms with van der Waals surface area (Å²) >= 11 is 1.84. The zero-order chi connectivity index (χ0) is 19.2. The van der Waals surface area contributed by atoms with Gasteiger partial charge in [0.1, 0.15) is 0 Å². The van der Waals surface area contributed by atoms with E-state index in [2.05, 4.69) is 56.9 Å². The molecule has 0 radical (unpaired) electrons. The molecule has 150 valence electrons. The first-order chi connectivity index (χ1) is 13.8. The lowest BCUT2D eigenvalue weighted by molar-refractivity contribution is 0.168. The van der Waals surface area contributed by atoms with Crippen LogP contribution in [0, 0.1) is 5.92 Å². The molecule has 2 amide bonds. The van der Waals surface area contributed by atoms with E-state index < -0.39 is 0 Å². The molecule has 2 aliphatic heterocycles. The molecule has 0 aliphatic carbocycles. The van der Waals surface area contributed by atoms with Crippen LogP contribution in [-0.4, -0.2) is 61.6 Å². The number of anilines is 1. The van der Waals surface area contributed by atoms with Gasteiger partial charge in [-0.3, -0.25) is 4.90 Å². The molecule has 2 saturated heterocycles. The minimum absolute atomic E-state index is 0.105. The largest absolute Gasteiger partial charge is 0.368 e. The number of piperazine rings is 1. The van der Waals surface area contributed by atoms with Crippen LogP contribution in [0.4, 0.5) is 10.5 Å². The van der Waals surface area contributed by atoms with E-state index in [4.69, 9.17) is 0 Å². The second-order valence-electron chi connectivity index (χ2n) is 7.79. The highest BCUT2D eigenvalue weighted by molar-refractivity contribution is 7.09. The number of amides is 2. The number of benzene rings is 1. The maximum atomic E-state index is 12.5. The third kappa shape index (κ3) is 5.06. The van der Waals surface area contributed by atoms with Crippen molar-refractivity contribution in [2.45, 2.75) is 19.4 Å². The van der Waals surface area contributed by atoms with Gasteiger partial charge >= 0.3 is 6.03 Å². The summed E-state index contributed by atoms with van der Waals surface area (Å²) in [6, 6.07) is 14.9. The van der Waals surface area contributed by atoms with Crippen molar-refractivity contribution in [2.75, 3.05) is 50.7 Å². The molecule has 2 aromatic rings. The summed E-state index contributed by atoms with van der Waals surface area (Å²) in [5.74, 6) is 0.606. The summed E-state index contributed by atoms with van der Waals surface area (Å²) in [4.78, 5) is 20.8. The van der Waals surface area contributed by atoms with Gasteiger partial charge in [-0.2, -0.15) is 0 Å². The third-order valence-corrected chi connectivity index (χ3v) is 6.76. The highest BCUT2D eigenvalue weighted by atomic mass is 32.1. The number of nitrogens with zero attached hydrogens (tertiary/aromatic N) is 3. The van der Waals surface area contributed by atoms with E-state index in [-0.39, 0.29) is 6.03 Å². The topological polar surface area (TPSA) is 38.8 Å². The van der Waals surface area contributed by atoms with Crippen molar-refractivity contribution in [3.63, 3.8) is 0 Å². The van der Waals surface area contributed by atoms with Crippen LogP contribution < -0.4 is 10.2 Å². The normalized spacial score (nSPS) is 19.0. The number of thiophene rings is 1. The SMILES string of the molecule is O=C(NCC1CCN(Cc2cccs2)CC1)N1CCN(c2ccccc2)CC1. The fraction of sp³-hybridized carbons (Fsp3) is 0.500. The molecule has 5 nitrogen and oxygen atoms in total. The summed E-state index contributed by atoms with van der Waals surface area (Å²) in [5.41, 5.74) is 1.25. The van der Waals surface area contributed by atoms with Gasteiger partial charge in [0, 0.05) is 49.8 Å². The molecule has 6 heteroatoms. The number of urea groups is 1. The Bertz CT molecular complexity index is 720. The number of carbonyl (C=O) groups excluding carboxylic acids is 1. The summed E-state index contributed by atoms with van der Waals surface area (Å²) < 4.78 is 0. The quantitative estimate of drug-likeness (QED) is 0.838. The van der Waals surface area contributed by atoms with Gasteiger partial charge < -0.3 is 15.1 Å². The maximum absolute atomic E-state index is 12.5. The van der Waals surface area contributed by atoms with E-state index in [9.17, 15) is 4.79 Å². The number of piperidine rings is 1. The first kappa shape index (κ1) is 19.3. The van der Waals surface area contributed by atoms with Crippen molar-refractivity contribution in [1.82, 2.24) is 15.1 Å². The van der Waals surface area contributed by atoms with E-state index in [1.165, 1.54) is 23.4 Å². The number of nitrogens with one attached hydrogen (secondary N) is 1. The second-order valence-corrected chi connectivity index (χ2v) is 8.83. The predicted molar refractivity (Wildman–Crippen MR) is 116 cm³/mol. The van der Waals surface area contributed by atoms with E-state index in [1.54, 1.807) is 0 Å². The molecule has 0 saturated carbocycles. The number of carbonyl (C=O) groups is 1. The van der Waals surface area contributed by atoms with Gasteiger partial charge in [-0.15, -0.1) is 11.3 Å². The zero-order valence-electron chi connectivity index (χ0n) is 16.4. The summed E-state index contributed by atoms with van der Waals surface area (Å²) in [6.45, 7) is 7.53. The Kier molecular flexibility index (Phi) is 6.49. The Morgan fingerprint density at radius 3 is 2.39 bits per heavy atom. The molecule has 1 aromatic carbocycles. The highest BCUT2D eigenvalue weighted by Gasteiger charge is 2.23. The molecule has 2 fully saturated rings. The van der Waals surface area contributed by atoms with Gasteiger partial charge in [0.2, 0.25) is 0 Å². The van der Waals surface area contributed by atoms with Crippen LogP contribution in [0.5, 0.6) is 0 Å². The molecule has 0 atom stereocenters. The van der Waals surface area contributed by atoms with Crippen molar-refractivity contribution >= 4 is 23.1 Å². The van der Waals surface area contributed by atoms with Crippen molar-refractivity contribution in [3.05, 3.63) is 52.7 Å². The summed E-state index contributed by atoms with van der Waals surface area (Å²) in [6.07, 6.45) is 2.35. The monoisotopic (exact) mass is 398 g/mol. The van der Waals surface area contributed by atoms with Crippen LogP contribution in [0.3, 0.4) is 0 Å². The second kappa shape index (κ2) is 9.43. The van der Waals surface area contributed by atoms with Crippen LogP contribution in [0.1, 0.15) is 17.7 Å². The maximum Gasteiger partial charge on any atom is 0.317 e. The van der Waals surface area contributed by atoms with Crippen LogP contribution in [0.2, 0.25) is 0 Å². The Labute approximate surface area is 171 Å².